The van der Waals surface area contributed by atoms with Gasteiger partial charge in [0, 0.05) is 12.1 Å². The van der Waals surface area contributed by atoms with Crippen LogP contribution in [0.2, 0.25) is 0 Å². The first-order valence-corrected chi connectivity index (χ1v) is 4.99. The van der Waals surface area contributed by atoms with Crippen LogP contribution in [0.5, 0.6) is 0 Å². The van der Waals surface area contributed by atoms with Crippen LogP contribution in [0.3, 0.4) is 0 Å². The maximum absolute atomic E-state index is 13.5. The molecule has 0 bridgehead atoms. The second-order valence-electron chi connectivity index (χ2n) is 3.60. The van der Waals surface area contributed by atoms with Gasteiger partial charge in [-0.05, 0) is 19.1 Å². The van der Waals surface area contributed by atoms with Crippen molar-refractivity contribution >= 4 is 0 Å². The summed E-state index contributed by atoms with van der Waals surface area (Å²) in [7, 11) is 0. The molecule has 0 aliphatic heterocycles. The second kappa shape index (κ2) is 4.37. The molecule has 0 spiro atoms. The van der Waals surface area contributed by atoms with Crippen molar-refractivity contribution < 1.29 is 8.78 Å². The molecule has 0 aliphatic rings. The maximum atomic E-state index is 13.5. The predicted octanol–water partition coefficient (Wildman–Crippen LogP) is 1.69. The van der Waals surface area contributed by atoms with Gasteiger partial charge in [0.1, 0.15) is 17.6 Å². The molecule has 0 fully saturated rings. The molecule has 0 aliphatic carbocycles. The minimum atomic E-state index is -0.895. The quantitative estimate of drug-likeness (QED) is 0.770. The van der Waals surface area contributed by atoms with E-state index in [2.05, 4.69) is 5.10 Å². The van der Waals surface area contributed by atoms with E-state index in [1.165, 1.54) is 6.92 Å². The van der Waals surface area contributed by atoms with Crippen molar-refractivity contribution in [3.8, 4) is 11.8 Å². The van der Waals surface area contributed by atoms with E-state index in [0.717, 1.165) is 22.9 Å². The van der Waals surface area contributed by atoms with Gasteiger partial charge in [-0.25, -0.2) is 8.78 Å². The summed E-state index contributed by atoms with van der Waals surface area (Å²) in [6.07, 6.45) is 0. The number of nitrogens with zero attached hydrogens (tertiary/aromatic N) is 3. The molecule has 0 radical (unpaired) electrons. The molecule has 0 saturated heterocycles. The number of benzene rings is 1. The Kier molecular flexibility index (Phi) is 2.90. The zero-order chi connectivity index (χ0) is 13.3. The third-order valence-corrected chi connectivity index (χ3v) is 2.37. The van der Waals surface area contributed by atoms with E-state index >= 15 is 0 Å². The zero-order valence-corrected chi connectivity index (χ0v) is 9.32. The molecular weight excluding hydrogens is 240 g/mol. The fourth-order valence-electron chi connectivity index (χ4n) is 1.48. The van der Waals surface area contributed by atoms with Crippen molar-refractivity contribution in [2.75, 3.05) is 0 Å². The van der Waals surface area contributed by atoms with E-state index in [1.54, 1.807) is 0 Å². The Morgan fingerprint density at radius 3 is 2.67 bits per heavy atom. The molecule has 1 aromatic carbocycles. The Labute approximate surface area is 101 Å². The van der Waals surface area contributed by atoms with E-state index in [1.807, 2.05) is 6.07 Å². The lowest BCUT2D eigenvalue weighted by atomic mass is 10.2. The van der Waals surface area contributed by atoms with Crippen LogP contribution in [0.1, 0.15) is 11.3 Å². The maximum Gasteiger partial charge on any atom is 0.272 e. The number of nitriles is 1. The van der Waals surface area contributed by atoms with Crippen LogP contribution >= 0.6 is 0 Å². The Morgan fingerprint density at radius 1 is 1.33 bits per heavy atom. The topological polar surface area (TPSA) is 58.7 Å². The second-order valence-corrected chi connectivity index (χ2v) is 3.60. The summed E-state index contributed by atoms with van der Waals surface area (Å²) in [5, 5.41) is 12.6. The SMILES string of the molecule is Cc1nn(-c2ccc(F)cc2F)c(=O)cc1C#N. The van der Waals surface area contributed by atoms with Gasteiger partial charge in [-0.1, -0.05) is 0 Å². The van der Waals surface area contributed by atoms with Gasteiger partial charge >= 0.3 is 0 Å². The smallest absolute Gasteiger partial charge is 0.267 e. The van der Waals surface area contributed by atoms with Gasteiger partial charge in [0.25, 0.3) is 5.56 Å². The number of hydrogen-bond donors (Lipinski definition) is 0. The molecule has 0 saturated carbocycles. The normalized spacial score (nSPS) is 10.1. The molecule has 18 heavy (non-hydrogen) atoms. The Balaban J connectivity index is 2.69. The Morgan fingerprint density at radius 2 is 2.06 bits per heavy atom. The first kappa shape index (κ1) is 11.9. The van der Waals surface area contributed by atoms with Gasteiger partial charge in [-0.3, -0.25) is 4.79 Å². The highest BCUT2D eigenvalue weighted by atomic mass is 19.1. The number of halogens is 2. The average molecular weight is 247 g/mol. The largest absolute Gasteiger partial charge is 0.272 e. The molecule has 0 amide bonds. The van der Waals surface area contributed by atoms with Gasteiger partial charge in [0.05, 0.1) is 11.3 Å². The number of rotatable bonds is 1. The molecule has 6 heteroatoms. The summed E-state index contributed by atoms with van der Waals surface area (Å²) >= 11 is 0. The highest BCUT2D eigenvalue weighted by Gasteiger charge is 2.11. The van der Waals surface area contributed by atoms with Crippen molar-refractivity contribution in [2.24, 2.45) is 0 Å². The summed E-state index contributed by atoms with van der Waals surface area (Å²) in [5.41, 5.74) is -0.392. The van der Waals surface area contributed by atoms with E-state index in [-0.39, 0.29) is 11.3 Å². The van der Waals surface area contributed by atoms with Gasteiger partial charge in [-0.15, -0.1) is 0 Å². The van der Waals surface area contributed by atoms with Crippen LogP contribution in [0, 0.1) is 29.9 Å². The van der Waals surface area contributed by atoms with E-state index in [0.29, 0.717) is 11.8 Å². The third kappa shape index (κ3) is 1.98. The fourth-order valence-corrected chi connectivity index (χ4v) is 1.48. The van der Waals surface area contributed by atoms with Crippen molar-refractivity contribution in [3.05, 3.63) is 57.5 Å². The fraction of sp³-hybridized carbons (Fsp3) is 0.0833. The molecule has 1 heterocycles. The standard InChI is InChI=1S/C12H7F2N3O/c1-7-8(6-15)4-12(18)17(16-7)11-3-2-9(13)5-10(11)14/h2-5H,1H3. The van der Waals surface area contributed by atoms with Crippen molar-refractivity contribution in [1.82, 2.24) is 9.78 Å². The van der Waals surface area contributed by atoms with E-state index < -0.39 is 17.2 Å². The van der Waals surface area contributed by atoms with Crippen molar-refractivity contribution in [3.63, 3.8) is 0 Å². The van der Waals surface area contributed by atoms with Crippen LogP contribution in [-0.2, 0) is 0 Å². The third-order valence-electron chi connectivity index (χ3n) is 2.37. The Hall–Kier alpha value is -2.55. The van der Waals surface area contributed by atoms with Gasteiger partial charge in [0.2, 0.25) is 0 Å². The highest BCUT2D eigenvalue weighted by Crippen LogP contribution is 2.12. The number of hydrogen-bond acceptors (Lipinski definition) is 3. The molecular formula is C12H7F2N3O. The lowest BCUT2D eigenvalue weighted by Crippen LogP contribution is -2.23. The molecule has 0 atom stereocenters. The lowest BCUT2D eigenvalue weighted by Gasteiger charge is -2.07. The van der Waals surface area contributed by atoms with Crippen molar-refractivity contribution in [2.45, 2.75) is 6.92 Å². The highest BCUT2D eigenvalue weighted by molar-refractivity contribution is 5.36. The van der Waals surface area contributed by atoms with Crippen LogP contribution < -0.4 is 5.56 Å². The summed E-state index contributed by atoms with van der Waals surface area (Å²) < 4.78 is 27.1. The predicted molar refractivity (Wildman–Crippen MR) is 59.2 cm³/mol. The van der Waals surface area contributed by atoms with Crippen LogP contribution in [0.15, 0.2) is 29.1 Å². The van der Waals surface area contributed by atoms with Crippen LogP contribution in [-0.4, -0.2) is 9.78 Å². The molecule has 1 aromatic heterocycles. The molecule has 90 valence electrons. The first-order chi connectivity index (χ1) is 8.52. The molecule has 0 unspecified atom stereocenters. The van der Waals surface area contributed by atoms with E-state index in [9.17, 15) is 13.6 Å². The summed E-state index contributed by atoms with van der Waals surface area (Å²) in [4.78, 5) is 11.7. The van der Waals surface area contributed by atoms with E-state index in [4.69, 9.17) is 5.26 Å². The average Bonchev–Trinajstić information content (AvgIpc) is 2.32. The van der Waals surface area contributed by atoms with Gasteiger partial charge < -0.3 is 0 Å². The van der Waals surface area contributed by atoms with Crippen LogP contribution in [0.4, 0.5) is 8.78 Å². The molecule has 4 nitrogen and oxygen atoms in total. The number of aromatic nitrogens is 2. The minimum absolute atomic E-state index is 0.124. The monoisotopic (exact) mass is 247 g/mol. The van der Waals surface area contributed by atoms with Crippen molar-refractivity contribution in [1.29, 1.82) is 5.26 Å². The Bertz CT molecular complexity index is 716. The first-order valence-electron chi connectivity index (χ1n) is 4.99. The number of aryl methyl sites for hydroxylation is 1. The molecule has 2 rings (SSSR count). The van der Waals surface area contributed by atoms with Gasteiger partial charge in [-0.2, -0.15) is 15.0 Å². The summed E-state index contributed by atoms with van der Waals surface area (Å²) in [5.74, 6) is -1.64. The zero-order valence-electron chi connectivity index (χ0n) is 9.32. The summed E-state index contributed by atoms with van der Waals surface area (Å²) in [6.45, 7) is 1.52. The molecule has 0 N–H and O–H groups in total. The van der Waals surface area contributed by atoms with Gasteiger partial charge in [0.15, 0.2) is 5.82 Å². The summed E-state index contributed by atoms with van der Waals surface area (Å²) in [6, 6.07) is 5.68. The minimum Gasteiger partial charge on any atom is -0.267 e. The lowest BCUT2D eigenvalue weighted by molar-refractivity contribution is 0.570. The van der Waals surface area contributed by atoms with Crippen LogP contribution in [0.25, 0.3) is 5.69 Å². The molecule has 2 aromatic rings.